The summed E-state index contributed by atoms with van der Waals surface area (Å²) >= 11 is 0. The van der Waals surface area contributed by atoms with Gasteiger partial charge in [0.25, 0.3) is 5.91 Å². The Hall–Kier alpha value is -3.13. The van der Waals surface area contributed by atoms with Crippen molar-refractivity contribution < 1.29 is 23.8 Å². The number of amides is 2. The fourth-order valence-corrected chi connectivity index (χ4v) is 4.58. The number of carbonyl (C=O) groups excluding carboxylic acids is 2. The number of fused-ring (bicyclic) bond motifs is 2. The number of hydrogen-bond donors (Lipinski definition) is 2. The van der Waals surface area contributed by atoms with Crippen LogP contribution in [0.3, 0.4) is 0 Å². The van der Waals surface area contributed by atoms with Crippen molar-refractivity contribution in [1.82, 2.24) is 10.3 Å². The van der Waals surface area contributed by atoms with Crippen molar-refractivity contribution in [1.29, 1.82) is 0 Å². The smallest absolute Gasteiger partial charge is 0.407 e. The molecule has 0 radical (unpaired) electrons. The summed E-state index contributed by atoms with van der Waals surface area (Å²) in [6.07, 6.45) is 3.71. The average molecular weight is 454 g/mol. The molecule has 0 aliphatic heterocycles. The summed E-state index contributed by atoms with van der Waals surface area (Å²) in [6, 6.07) is 11.8. The van der Waals surface area contributed by atoms with Crippen LogP contribution in [0.5, 0.6) is 5.75 Å². The van der Waals surface area contributed by atoms with E-state index >= 15 is 0 Å². The Morgan fingerprint density at radius 2 is 2.00 bits per heavy atom. The first-order valence-corrected chi connectivity index (χ1v) is 11.2. The minimum absolute atomic E-state index is 0.0383. The highest BCUT2D eigenvalue weighted by Crippen LogP contribution is 2.58. The molecule has 3 atom stereocenters. The van der Waals surface area contributed by atoms with E-state index in [2.05, 4.69) is 27.8 Å². The van der Waals surface area contributed by atoms with Gasteiger partial charge in [0, 0.05) is 30.8 Å². The van der Waals surface area contributed by atoms with Gasteiger partial charge in [0.15, 0.2) is 0 Å². The number of nitrogens with one attached hydrogen (secondary N) is 2. The number of pyridine rings is 1. The van der Waals surface area contributed by atoms with Crippen LogP contribution < -0.4 is 15.4 Å². The molecule has 1 aromatic carbocycles. The maximum Gasteiger partial charge on any atom is 0.407 e. The molecule has 4 rings (SSSR count). The first-order valence-electron chi connectivity index (χ1n) is 11.2. The molecule has 8 nitrogen and oxygen atoms in total. The number of methoxy groups -OCH3 is 1. The van der Waals surface area contributed by atoms with Gasteiger partial charge in [-0.2, -0.15) is 0 Å². The van der Waals surface area contributed by atoms with Crippen LogP contribution in [-0.4, -0.2) is 42.3 Å². The Morgan fingerprint density at radius 1 is 1.21 bits per heavy atom. The standard InChI is InChI=1S/C25H31N3O5/c1-24(2,3)33-23(30)27-20-14-25(20)11-9-19(17-7-5-6-8-18(17)25)32-16-10-12-26-21(13-16)28-22(29)15-31-4/h5-8,10,12-13,19-20H,9,11,14-15H2,1-4H3,(H,27,30)(H,26,28,29)/t19-,20?,25?/m0/s1. The van der Waals surface area contributed by atoms with E-state index < -0.39 is 5.60 Å². The summed E-state index contributed by atoms with van der Waals surface area (Å²) < 4.78 is 16.6. The summed E-state index contributed by atoms with van der Waals surface area (Å²) in [6.45, 7) is 5.55. The van der Waals surface area contributed by atoms with Crippen molar-refractivity contribution in [2.45, 2.75) is 63.2 Å². The molecule has 2 aromatic rings. The second kappa shape index (κ2) is 9.02. The molecule has 1 heterocycles. The van der Waals surface area contributed by atoms with Crippen molar-refractivity contribution in [2.75, 3.05) is 19.0 Å². The monoisotopic (exact) mass is 453 g/mol. The lowest BCUT2D eigenvalue weighted by Gasteiger charge is -2.33. The van der Waals surface area contributed by atoms with Crippen LogP contribution in [-0.2, 0) is 19.7 Å². The molecule has 2 amide bonds. The molecule has 2 aliphatic carbocycles. The fraction of sp³-hybridized carbons (Fsp3) is 0.480. The maximum atomic E-state index is 12.3. The van der Waals surface area contributed by atoms with E-state index in [1.165, 1.54) is 12.7 Å². The lowest BCUT2D eigenvalue weighted by molar-refractivity contribution is -0.119. The van der Waals surface area contributed by atoms with Crippen LogP contribution in [0.2, 0.25) is 0 Å². The van der Waals surface area contributed by atoms with Gasteiger partial charge >= 0.3 is 6.09 Å². The Bertz CT molecular complexity index is 1030. The molecule has 176 valence electrons. The number of nitrogens with zero attached hydrogens (tertiary/aromatic N) is 1. The van der Waals surface area contributed by atoms with Crippen molar-refractivity contribution >= 4 is 17.8 Å². The summed E-state index contributed by atoms with van der Waals surface area (Å²) in [4.78, 5) is 28.3. The molecule has 2 aliphatic rings. The molecular weight excluding hydrogens is 422 g/mol. The molecule has 1 spiro atoms. The van der Waals surface area contributed by atoms with Gasteiger partial charge in [0.05, 0.1) is 0 Å². The predicted molar refractivity (Wildman–Crippen MR) is 123 cm³/mol. The molecule has 8 heteroatoms. The van der Waals surface area contributed by atoms with Gasteiger partial charge in [-0.25, -0.2) is 9.78 Å². The summed E-state index contributed by atoms with van der Waals surface area (Å²) in [5.74, 6) is 0.774. The van der Waals surface area contributed by atoms with E-state index in [1.54, 1.807) is 18.3 Å². The first-order chi connectivity index (χ1) is 15.7. The topological polar surface area (TPSA) is 98.8 Å². The van der Waals surface area contributed by atoms with Gasteiger partial charge in [0.1, 0.15) is 29.9 Å². The minimum atomic E-state index is -0.526. The third-order valence-electron chi connectivity index (χ3n) is 6.02. The Balaban J connectivity index is 1.47. The number of carbonyl (C=O) groups is 2. The molecule has 0 saturated heterocycles. The molecule has 33 heavy (non-hydrogen) atoms. The molecule has 2 unspecified atom stereocenters. The van der Waals surface area contributed by atoms with Crippen LogP contribution in [0.4, 0.5) is 10.6 Å². The average Bonchev–Trinajstić information content (AvgIpc) is 3.42. The molecule has 1 fully saturated rings. The Kier molecular flexibility index (Phi) is 6.30. The molecule has 1 saturated carbocycles. The Morgan fingerprint density at radius 3 is 2.76 bits per heavy atom. The summed E-state index contributed by atoms with van der Waals surface area (Å²) in [5, 5.41) is 5.75. The highest BCUT2D eigenvalue weighted by Gasteiger charge is 2.59. The van der Waals surface area contributed by atoms with Gasteiger partial charge in [-0.05, 0) is 57.2 Å². The number of ether oxygens (including phenoxy) is 3. The van der Waals surface area contributed by atoms with Crippen molar-refractivity contribution in [3.8, 4) is 5.75 Å². The van der Waals surface area contributed by atoms with Crippen molar-refractivity contribution in [3.63, 3.8) is 0 Å². The van der Waals surface area contributed by atoms with E-state index in [-0.39, 0.29) is 36.2 Å². The number of aromatic nitrogens is 1. The molecule has 2 N–H and O–H groups in total. The van der Waals surface area contributed by atoms with E-state index in [9.17, 15) is 9.59 Å². The maximum absolute atomic E-state index is 12.3. The predicted octanol–water partition coefficient (Wildman–Crippen LogP) is 4.12. The summed E-state index contributed by atoms with van der Waals surface area (Å²) in [7, 11) is 1.47. The second-order valence-corrected chi connectivity index (χ2v) is 9.65. The van der Waals surface area contributed by atoms with Crippen molar-refractivity contribution in [2.24, 2.45) is 0 Å². The van der Waals surface area contributed by atoms with E-state index in [1.807, 2.05) is 32.9 Å². The van der Waals surface area contributed by atoms with Gasteiger partial charge in [-0.15, -0.1) is 0 Å². The van der Waals surface area contributed by atoms with Gasteiger partial charge in [0.2, 0.25) is 0 Å². The van der Waals surface area contributed by atoms with Crippen molar-refractivity contribution in [3.05, 3.63) is 53.7 Å². The van der Waals surface area contributed by atoms with Crippen LogP contribution in [0.1, 0.15) is 57.3 Å². The molecule has 0 bridgehead atoms. The number of anilines is 1. The van der Waals surface area contributed by atoms with Crippen LogP contribution in [0.25, 0.3) is 0 Å². The zero-order valence-corrected chi connectivity index (χ0v) is 19.5. The normalized spacial score (nSPS) is 23.4. The number of alkyl carbamates (subject to hydrolysis) is 1. The first kappa shape index (κ1) is 23.0. The number of benzene rings is 1. The zero-order valence-electron chi connectivity index (χ0n) is 19.5. The largest absolute Gasteiger partial charge is 0.486 e. The van der Waals surface area contributed by atoms with Crippen LogP contribution in [0.15, 0.2) is 42.6 Å². The molecule has 1 aromatic heterocycles. The van der Waals surface area contributed by atoms with E-state index in [0.29, 0.717) is 11.6 Å². The number of rotatable bonds is 6. The van der Waals surface area contributed by atoms with Gasteiger partial charge in [-0.3, -0.25) is 4.79 Å². The van der Waals surface area contributed by atoms with Crippen LogP contribution >= 0.6 is 0 Å². The third-order valence-corrected chi connectivity index (χ3v) is 6.02. The highest BCUT2D eigenvalue weighted by atomic mass is 16.6. The summed E-state index contributed by atoms with van der Waals surface area (Å²) in [5.41, 5.74) is 1.73. The third kappa shape index (κ3) is 5.27. The fourth-order valence-electron chi connectivity index (χ4n) is 4.58. The second-order valence-electron chi connectivity index (χ2n) is 9.65. The van der Waals surface area contributed by atoms with Gasteiger partial charge in [-0.1, -0.05) is 24.3 Å². The minimum Gasteiger partial charge on any atom is -0.486 e. The zero-order chi connectivity index (χ0) is 23.6. The number of hydrogen-bond acceptors (Lipinski definition) is 6. The molecular formula is C25H31N3O5. The highest BCUT2D eigenvalue weighted by molar-refractivity contribution is 5.90. The lowest BCUT2D eigenvalue weighted by Crippen LogP contribution is -2.37. The quantitative estimate of drug-likeness (QED) is 0.683. The van der Waals surface area contributed by atoms with Crippen LogP contribution in [0, 0.1) is 0 Å². The Labute approximate surface area is 194 Å². The van der Waals surface area contributed by atoms with Gasteiger partial charge < -0.3 is 24.8 Å². The van der Waals surface area contributed by atoms with E-state index in [4.69, 9.17) is 14.2 Å². The van der Waals surface area contributed by atoms with E-state index in [0.717, 1.165) is 24.8 Å². The SMILES string of the molecule is COCC(=O)Nc1cc(O[C@H]2CCC3(CC3NC(=O)OC(C)(C)C)c3ccccc32)ccn1. The lowest BCUT2D eigenvalue weighted by atomic mass is 9.78.